The van der Waals surface area contributed by atoms with Crippen LogP contribution in [0.5, 0.6) is 0 Å². The summed E-state index contributed by atoms with van der Waals surface area (Å²) in [7, 11) is 0. The van der Waals surface area contributed by atoms with Crippen LogP contribution in [0.3, 0.4) is 0 Å². The molecule has 1 fully saturated rings. The van der Waals surface area contributed by atoms with E-state index in [4.69, 9.17) is 5.73 Å². The van der Waals surface area contributed by atoms with Crippen LogP contribution in [0.4, 0.5) is 26.3 Å². The van der Waals surface area contributed by atoms with Gasteiger partial charge in [-0.3, -0.25) is 0 Å². The first-order valence-corrected chi connectivity index (χ1v) is 4.27. The van der Waals surface area contributed by atoms with Crippen molar-refractivity contribution in [3.05, 3.63) is 11.1 Å². The third kappa shape index (κ3) is 2.64. The summed E-state index contributed by atoms with van der Waals surface area (Å²) in [5.74, 6) is 0. The van der Waals surface area contributed by atoms with Crippen molar-refractivity contribution >= 4 is 0 Å². The van der Waals surface area contributed by atoms with Gasteiger partial charge < -0.3 is 5.73 Å². The minimum Gasteiger partial charge on any atom is -0.324 e. The molecular weight excluding hydrogens is 224 g/mol. The van der Waals surface area contributed by atoms with E-state index in [0.29, 0.717) is 0 Å². The molecule has 0 spiro atoms. The quantitative estimate of drug-likeness (QED) is 0.505. The summed E-state index contributed by atoms with van der Waals surface area (Å²) in [5.41, 5.74) is 2.09. The molecule has 2 N–H and O–H groups in total. The molecule has 0 aromatic carbocycles. The Labute approximate surface area is 81.9 Å². The van der Waals surface area contributed by atoms with Gasteiger partial charge >= 0.3 is 12.4 Å². The Morgan fingerprint density at radius 1 is 1.07 bits per heavy atom. The Bertz CT molecular complexity index is 258. The van der Waals surface area contributed by atoms with Crippen LogP contribution in [0.2, 0.25) is 0 Å². The molecule has 1 rings (SSSR count). The summed E-state index contributed by atoms with van der Waals surface area (Å²) < 4.78 is 73.2. The SMILES string of the molecule is N[C@H]1CCCC1=C(C(F)(F)F)C(F)(F)F. The Balaban J connectivity index is 3.22. The van der Waals surface area contributed by atoms with Crippen molar-refractivity contribution in [1.29, 1.82) is 0 Å². The average molecular weight is 233 g/mol. The molecule has 1 aliphatic carbocycles. The zero-order valence-corrected chi connectivity index (χ0v) is 7.54. The van der Waals surface area contributed by atoms with E-state index in [1.54, 1.807) is 0 Å². The Hall–Kier alpha value is -0.720. The summed E-state index contributed by atoms with van der Waals surface area (Å²) in [6, 6.07) is -1.12. The summed E-state index contributed by atoms with van der Waals surface area (Å²) in [5, 5.41) is 0. The smallest absolute Gasteiger partial charge is 0.324 e. The van der Waals surface area contributed by atoms with E-state index in [1.165, 1.54) is 0 Å². The molecule has 1 atom stereocenters. The first-order chi connectivity index (χ1) is 6.64. The summed E-state index contributed by atoms with van der Waals surface area (Å²) in [6.45, 7) is 0. The van der Waals surface area contributed by atoms with E-state index in [-0.39, 0.29) is 19.3 Å². The first-order valence-electron chi connectivity index (χ1n) is 4.27. The lowest BCUT2D eigenvalue weighted by atomic mass is 10.0. The predicted octanol–water partition coefficient (Wildman–Crippen LogP) is 2.92. The zero-order chi connectivity index (χ0) is 11.9. The summed E-state index contributed by atoms with van der Waals surface area (Å²) >= 11 is 0. The van der Waals surface area contributed by atoms with Gasteiger partial charge in [0.15, 0.2) is 0 Å². The van der Waals surface area contributed by atoms with Crippen molar-refractivity contribution in [2.24, 2.45) is 5.73 Å². The molecule has 0 amide bonds. The lowest BCUT2D eigenvalue weighted by Gasteiger charge is -2.19. The van der Waals surface area contributed by atoms with Gasteiger partial charge in [0.1, 0.15) is 5.57 Å². The van der Waals surface area contributed by atoms with Gasteiger partial charge in [0.25, 0.3) is 0 Å². The number of hydrogen-bond donors (Lipinski definition) is 1. The van der Waals surface area contributed by atoms with Crippen molar-refractivity contribution in [3.8, 4) is 0 Å². The van der Waals surface area contributed by atoms with Crippen LogP contribution in [0.1, 0.15) is 19.3 Å². The molecule has 1 nitrogen and oxygen atoms in total. The highest BCUT2D eigenvalue weighted by atomic mass is 19.4. The highest BCUT2D eigenvalue weighted by Crippen LogP contribution is 2.44. The van der Waals surface area contributed by atoms with Crippen molar-refractivity contribution in [2.75, 3.05) is 0 Å². The highest BCUT2D eigenvalue weighted by Gasteiger charge is 2.53. The van der Waals surface area contributed by atoms with Crippen LogP contribution >= 0.6 is 0 Å². The summed E-state index contributed by atoms with van der Waals surface area (Å²) in [6.07, 6.45) is -10.5. The minimum absolute atomic E-state index is 0.172. The second-order valence-corrected chi connectivity index (χ2v) is 3.39. The van der Waals surface area contributed by atoms with Crippen LogP contribution in [0, 0.1) is 0 Å². The predicted molar refractivity (Wildman–Crippen MR) is 41.0 cm³/mol. The number of halogens is 6. The van der Waals surface area contributed by atoms with Gasteiger partial charge in [-0.1, -0.05) is 0 Å². The van der Waals surface area contributed by atoms with Crippen LogP contribution in [0.15, 0.2) is 11.1 Å². The molecule has 0 heterocycles. The molecule has 0 radical (unpaired) electrons. The van der Waals surface area contributed by atoms with E-state index in [0.717, 1.165) is 0 Å². The molecule has 1 saturated carbocycles. The summed E-state index contributed by atoms with van der Waals surface area (Å²) in [4.78, 5) is 0. The Kier molecular flexibility index (Phi) is 3.04. The molecular formula is C8H9F6N. The standard InChI is InChI=1S/C8H9F6N/c9-7(10,11)6(8(12,13)14)4-2-1-3-5(4)15/h5H,1-3,15H2/t5-/m0/s1. The Morgan fingerprint density at radius 3 is 1.80 bits per heavy atom. The second-order valence-electron chi connectivity index (χ2n) is 3.39. The second kappa shape index (κ2) is 3.70. The fourth-order valence-electron chi connectivity index (χ4n) is 1.71. The Morgan fingerprint density at radius 2 is 1.53 bits per heavy atom. The van der Waals surface area contributed by atoms with Crippen molar-refractivity contribution in [3.63, 3.8) is 0 Å². The van der Waals surface area contributed by atoms with Crippen molar-refractivity contribution in [2.45, 2.75) is 37.7 Å². The van der Waals surface area contributed by atoms with Crippen molar-refractivity contribution in [1.82, 2.24) is 0 Å². The third-order valence-electron chi connectivity index (χ3n) is 2.30. The molecule has 0 unspecified atom stereocenters. The van der Waals surface area contributed by atoms with Gasteiger partial charge in [-0.05, 0) is 24.8 Å². The molecule has 15 heavy (non-hydrogen) atoms. The normalized spacial score (nSPS) is 23.4. The van der Waals surface area contributed by atoms with Gasteiger partial charge in [0.05, 0.1) is 0 Å². The van der Waals surface area contributed by atoms with Crippen LogP contribution in [-0.4, -0.2) is 18.4 Å². The van der Waals surface area contributed by atoms with E-state index in [2.05, 4.69) is 0 Å². The van der Waals surface area contributed by atoms with Gasteiger partial charge in [-0.2, -0.15) is 26.3 Å². The lowest BCUT2D eigenvalue weighted by molar-refractivity contribution is -0.173. The largest absolute Gasteiger partial charge is 0.421 e. The van der Waals surface area contributed by atoms with Crippen LogP contribution in [0.25, 0.3) is 0 Å². The average Bonchev–Trinajstić information content (AvgIpc) is 2.30. The monoisotopic (exact) mass is 233 g/mol. The fraction of sp³-hybridized carbons (Fsp3) is 0.750. The molecule has 0 aromatic rings. The van der Waals surface area contributed by atoms with Crippen LogP contribution < -0.4 is 5.73 Å². The number of rotatable bonds is 0. The lowest BCUT2D eigenvalue weighted by Crippen LogP contribution is -2.32. The molecule has 88 valence electrons. The first kappa shape index (κ1) is 12.4. The van der Waals surface area contributed by atoms with Crippen molar-refractivity contribution < 1.29 is 26.3 Å². The number of hydrogen-bond acceptors (Lipinski definition) is 1. The number of allylic oxidation sites excluding steroid dienone is 1. The molecule has 0 aliphatic heterocycles. The highest BCUT2D eigenvalue weighted by molar-refractivity contribution is 5.29. The number of nitrogens with two attached hydrogens (primary N) is 1. The van der Waals surface area contributed by atoms with Gasteiger partial charge in [0.2, 0.25) is 0 Å². The molecule has 0 saturated heterocycles. The maximum Gasteiger partial charge on any atom is 0.421 e. The van der Waals surface area contributed by atoms with Crippen LogP contribution in [-0.2, 0) is 0 Å². The molecule has 0 aromatic heterocycles. The topological polar surface area (TPSA) is 26.0 Å². The molecule has 7 heteroatoms. The van der Waals surface area contributed by atoms with E-state index in [1.807, 2.05) is 0 Å². The van der Waals surface area contributed by atoms with E-state index < -0.39 is 29.5 Å². The maximum absolute atomic E-state index is 12.2. The minimum atomic E-state index is -5.38. The molecule has 1 aliphatic rings. The van der Waals surface area contributed by atoms with Gasteiger partial charge in [-0.25, -0.2) is 0 Å². The zero-order valence-electron chi connectivity index (χ0n) is 7.54. The van der Waals surface area contributed by atoms with E-state index >= 15 is 0 Å². The fourth-order valence-corrected chi connectivity index (χ4v) is 1.71. The van der Waals surface area contributed by atoms with Gasteiger partial charge in [-0.15, -0.1) is 0 Å². The van der Waals surface area contributed by atoms with E-state index in [9.17, 15) is 26.3 Å². The maximum atomic E-state index is 12.2. The van der Waals surface area contributed by atoms with Gasteiger partial charge in [0, 0.05) is 6.04 Å². The molecule has 0 bridgehead atoms. The number of alkyl halides is 6. The third-order valence-corrected chi connectivity index (χ3v) is 2.30.